The van der Waals surface area contributed by atoms with Gasteiger partial charge in [0.25, 0.3) is 5.91 Å². The molecule has 0 aliphatic carbocycles. The van der Waals surface area contributed by atoms with Crippen molar-refractivity contribution in [3.8, 4) is 0 Å². The van der Waals surface area contributed by atoms with Crippen molar-refractivity contribution >= 4 is 17.4 Å². The van der Waals surface area contributed by atoms with Crippen molar-refractivity contribution in [1.29, 1.82) is 0 Å². The summed E-state index contributed by atoms with van der Waals surface area (Å²) in [5, 5.41) is 3.35. The number of unbranched alkanes of at least 4 members (excludes halogenated alkanes) is 1. The van der Waals surface area contributed by atoms with E-state index in [1.54, 1.807) is 11.0 Å². The number of aromatic nitrogens is 2. The highest BCUT2D eigenvalue weighted by molar-refractivity contribution is 5.92. The van der Waals surface area contributed by atoms with Crippen molar-refractivity contribution < 1.29 is 4.79 Å². The number of para-hydroxylation sites is 1. The number of carbonyl (C=O) groups is 1. The quantitative estimate of drug-likeness (QED) is 0.836. The molecule has 0 unspecified atom stereocenters. The van der Waals surface area contributed by atoms with E-state index >= 15 is 0 Å². The lowest BCUT2D eigenvalue weighted by molar-refractivity contribution is 0.0787. The van der Waals surface area contributed by atoms with E-state index in [0.29, 0.717) is 11.5 Å². The Bertz CT molecular complexity index is 700. The number of benzene rings is 1. The number of nitrogens with zero attached hydrogens (tertiary/aromatic N) is 3. The number of amides is 1. The minimum Gasteiger partial charge on any atom is -0.340 e. The summed E-state index contributed by atoms with van der Waals surface area (Å²) >= 11 is 0. The maximum Gasteiger partial charge on any atom is 0.272 e. The Morgan fingerprint density at radius 1 is 1.25 bits per heavy atom. The summed E-state index contributed by atoms with van der Waals surface area (Å²) in [5.41, 5.74) is 3.84. The van der Waals surface area contributed by atoms with Gasteiger partial charge < -0.3 is 10.2 Å². The Kier molecular flexibility index (Phi) is 6.29. The van der Waals surface area contributed by atoms with Crippen LogP contribution in [0.4, 0.5) is 11.5 Å². The molecule has 5 heteroatoms. The number of rotatable bonds is 7. The number of aryl methyl sites for hydroxylation is 2. The van der Waals surface area contributed by atoms with Crippen molar-refractivity contribution in [2.24, 2.45) is 0 Å². The largest absolute Gasteiger partial charge is 0.340 e. The van der Waals surface area contributed by atoms with E-state index in [1.165, 1.54) is 11.9 Å². The summed E-state index contributed by atoms with van der Waals surface area (Å²) in [7, 11) is 1.81. The number of hydrogen-bond acceptors (Lipinski definition) is 4. The van der Waals surface area contributed by atoms with E-state index in [0.717, 1.165) is 37.1 Å². The minimum absolute atomic E-state index is 0.0746. The van der Waals surface area contributed by atoms with Gasteiger partial charge in [-0.3, -0.25) is 4.79 Å². The second-order valence-corrected chi connectivity index (χ2v) is 5.96. The van der Waals surface area contributed by atoms with Crippen LogP contribution in [0.3, 0.4) is 0 Å². The summed E-state index contributed by atoms with van der Waals surface area (Å²) in [6.45, 7) is 7.03. The van der Waals surface area contributed by atoms with Crippen LogP contribution in [0.15, 0.2) is 30.6 Å². The van der Waals surface area contributed by atoms with Gasteiger partial charge in [-0.05, 0) is 30.9 Å². The highest BCUT2D eigenvalue weighted by atomic mass is 16.2. The van der Waals surface area contributed by atoms with Gasteiger partial charge in [0, 0.05) is 25.3 Å². The van der Waals surface area contributed by atoms with Gasteiger partial charge in [0.15, 0.2) is 0 Å². The van der Waals surface area contributed by atoms with E-state index in [-0.39, 0.29) is 5.91 Å². The molecule has 0 saturated heterocycles. The number of nitrogens with one attached hydrogen (secondary N) is 1. The molecule has 0 atom stereocenters. The van der Waals surface area contributed by atoms with Gasteiger partial charge in [-0.2, -0.15) is 0 Å². The van der Waals surface area contributed by atoms with E-state index in [9.17, 15) is 4.79 Å². The van der Waals surface area contributed by atoms with Crippen LogP contribution >= 0.6 is 0 Å². The maximum absolute atomic E-state index is 12.5. The van der Waals surface area contributed by atoms with Crippen molar-refractivity contribution in [2.75, 3.05) is 18.9 Å². The Labute approximate surface area is 144 Å². The molecule has 0 saturated carbocycles. The van der Waals surface area contributed by atoms with Crippen LogP contribution in [0.2, 0.25) is 0 Å². The molecule has 0 spiro atoms. The second kappa shape index (κ2) is 8.43. The van der Waals surface area contributed by atoms with Gasteiger partial charge in [0.1, 0.15) is 17.8 Å². The lowest BCUT2D eigenvalue weighted by Crippen LogP contribution is -2.28. The van der Waals surface area contributed by atoms with Gasteiger partial charge in [0.05, 0.1) is 0 Å². The van der Waals surface area contributed by atoms with Crippen LogP contribution in [0.5, 0.6) is 0 Å². The molecule has 1 N–H and O–H groups in total. The van der Waals surface area contributed by atoms with E-state index in [4.69, 9.17) is 0 Å². The normalized spacial score (nSPS) is 10.5. The Hall–Kier alpha value is -2.43. The lowest BCUT2D eigenvalue weighted by atomic mass is 10.1. The predicted octanol–water partition coefficient (Wildman–Crippen LogP) is 3.96. The van der Waals surface area contributed by atoms with E-state index in [1.807, 2.05) is 7.05 Å². The van der Waals surface area contributed by atoms with Crippen molar-refractivity contribution in [3.05, 3.63) is 47.4 Å². The van der Waals surface area contributed by atoms with Gasteiger partial charge in [-0.1, -0.05) is 38.5 Å². The molecular formula is C19H26N4O. The van der Waals surface area contributed by atoms with Crippen LogP contribution in [0.1, 0.15) is 48.3 Å². The van der Waals surface area contributed by atoms with E-state index in [2.05, 4.69) is 54.3 Å². The first-order valence-electron chi connectivity index (χ1n) is 8.49. The monoisotopic (exact) mass is 326 g/mol. The Morgan fingerprint density at radius 2 is 2.04 bits per heavy atom. The fraction of sp³-hybridized carbons (Fsp3) is 0.421. The van der Waals surface area contributed by atoms with Crippen LogP contribution in [0, 0.1) is 6.92 Å². The van der Waals surface area contributed by atoms with E-state index < -0.39 is 0 Å². The smallest absolute Gasteiger partial charge is 0.272 e. The van der Waals surface area contributed by atoms with Crippen LogP contribution in [-0.2, 0) is 6.42 Å². The summed E-state index contributed by atoms with van der Waals surface area (Å²) in [6.07, 6.45) is 4.41. The molecule has 1 aromatic heterocycles. The predicted molar refractivity (Wildman–Crippen MR) is 97.7 cm³/mol. The van der Waals surface area contributed by atoms with Crippen LogP contribution in [-0.4, -0.2) is 34.4 Å². The highest BCUT2D eigenvalue weighted by Gasteiger charge is 2.14. The molecule has 0 aliphatic rings. The molecule has 1 heterocycles. The zero-order valence-electron chi connectivity index (χ0n) is 15.0. The second-order valence-electron chi connectivity index (χ2n) is 5.96. The Balaban J connectivity index is 2.21. The Morgan fingerprint density at radius 3 is 2.75 bits per heavy atom. The molecule has 5 nitrogen and oxygen atoms in total. The zero-order chi connectivity index (χ0) is 17.5. The average molecular weight is 326 g/mol. The molecule has 24 heavy (non-hydrogen) atoms. The van der Waals surface area contributed by atoms with Gasteiger partial charge in [-0.25, -0.2) is 9.97 Å². The standard InChI is InChI=1S/C19H26N4O/c1-5-7-11-23(4)19(24)16-12-17(21-13-20-16)22-18-14(3)9-8-10-15(18)6-2/h8-10,12-13H,5-7,11H2,1-4H3,(H,20,21,22). The molecule has 128 valence electrons. The summed E-state index contributed by atoms with van der Waals surface area (Å²) in [4.78, 5) is 22.6. The summed E-state index contributed by atoms with van der Waals surface area (Å²) in [6, 6.07) is 7.93. The molecule has 0 radical (unpaired) electrons. The van der Waals surface area contributed by atoms with Gasteiger partial charge in [-0.15, -0.1) is 0 Å². The topological polar surface area (TPSA) is 58.1 Å². The van der Waals surface area contributed by atoms with Crippen molar-refractivity contribution in [2.45, 2.75) is 40.0 Å². The van der Waals surface area contributed by atoms with Crippen LogP contribution in [0.25, 0.3) is 0 Å². The first-order valence-corrected chi connectivity index (χ1v) is 8.49. The van der Waals surface area contributed by atoms with Gasteiger partial charge in [0.2, 0.25) is 0 Å². The highest BCUT2D eigenvalue weighted by Crippen LogP contribution is 2.24. The third-order valence-corrected chi connectivity index (χ3v) is 4.07. The summed E-state index contributed by atoms with van der Waals surface area (Å²) in [5.74, 6) is 0.565. The molecular weight excluding hydrogens is 300 g/mol. The molecule has 0 fully saturated rings. The van der Waals surface area contributed by atoms with Crippen LogP contribution < -0.4 is 5.32 Å². The fourth-order valence-electron chi connectivity index (χ4n) is 2.57. The lowest BCUT2D eigenvalue weighted by Gasteiger charge is -2.17. The maximum atomic E-state index is 12.5. The third kappa shape index (κ3) is 4.31. The molecule has 0 aliphatic heterocycles. The average Bonchev–Trinajstić information content (AvgIpc) is 2.61. The van der Waals surface area contributed by atoms with Gasteiger partial charge >= 0.3 is 0 Å². The molecule has 1 amide bonds. The first-order chi connectivity index (χ1) is 11.6. The van der Waals surface area contributed by atoms with Crippen molar-refractivity contribution in [1.82, 2.24) is 14.9 Å². The number of anilines is 2. The minimum atomic E-state index is -0.0746. The SMILES string of the molecule is CCCCN(C)C(=O)c1cc(Nc2c(C)cccc2CC)ncn1. The molecule has 0 bridgehead atoms. The third-order valence-electron chi connectivity index (χ3n) is 4.07. The molecule has 2 aromatic rings. The summed E-state index contributed by atoms with van der Waals surface area (Å²) < 4.78 is 0. The first kappa shape index (κ1) is 17.9. The van der Waals surface area contributed by atoms with Crippen molar-refractivity contribution in [3.63, 3.8) is 0 Å². The molecule has 2 rings (SSSR count). The number of carbonyl (C=O) groups excluding carboxylic acids is 1. The zero-order valence-corrected chi connectivity index (χ0v) is 15.0. The number of hydrogen-bond donors (Lipinski definition) is 1. The molecule has 1 aromatic carbocycles. The fourth-order valence-corrected chi connectivity index (χ4v) is 2.57.